The first-order valence-corrected chi connectivity index (χ1v) is 5.27. The van der Waals surface area contributed by atoms with Gasteiger partial charge in [-0.05, 0) is 31.5 Å². The van der Waals surface area contributed by atoms with Crippen LogP contribution in [-0.4, -0.2) is 19.0 Å². The van der Waals surface area contributed by atoms with Gasteiger partial charge in [0.15, 0.2) is 0 Å². The summed E-state index contributed by atoms with van der Waals surface area (Å²) < 4.78 is 12.7. The number of likely N-dealkylation sites (N-methyl/N-ethyl adjacent to an activating group) is 1. The minimum absolute atomic E-state index is 0.00731. The normalized spacial score (nSPS) is 14.2. The van der Waals surface area contributed by atoms with E-state index in [1.165, 1.54) is 12.1 Å². The predicted molar refractivity (Wildman–Crippen MR) is 61.5 cm³/mol. The zero-order valence-corrected chi connectivity index (χ0v) is 9.75. The highest BCUT2D eigenvalue weighted by atomic mass is 19.1. The second-order valence-corrected chi connectivity index (χ2v) is 3.78. The van der Waals surface area contributed by atoms with Crippen LogP contribution in [0.1, 0.15) is 25.5 Å². The van der Waals surface area contributed by atoms with Crippen molar-refractivity contribution >= 4 is 5.91 Å². The fourth-order valence-electron chi connectivity index (χ4n) is 1.51. The predicted octanol–water partition coefficient (Wildman–Crippen LogP) is 1.61. The fourth-order valence-corrected chi connectivity index (χ4v) is 1.51. The summed E-state index contributed by atoms with van der Waals surface area (Å²) in [6.07, 6.45) is 0. The van der Waals surface area contributed by atoms with Crippen molar-refractivity contribution in [2.75, 3.05) is 7.05 Å². The number of hydrogen-bond acceptors (Lipinski definition) is 2. The lowest BCUT2D eigenvalue weighted by Crippen LogP contribution is -2.41. The summed E-state index contributed by atoms with van der Waals surface area (Å²) in [7, 11) is 1.60. The van der Waals surface area contributed by atoms with Gasteiger partial charge in [-0.25, -0.2) is 4.39 Å². The Morgan fingerprint density at radius 2 is 1.81 bits per heavy atom. The van der Waals surface area contributed by atoms with Crippen LogP contribution in [0.4, 0.5) is 4.39 Å². The van der Waals surface area contributed by atoms with Crippen LogP contribution < -0.4 is 10.6 Å². The van der Waals surface area contributed by atoms with Gasteiger partial charge in [-0.3, -0.25) is 10.1 Å². The Kier molecular flexibility index (Phi) is 4.43. The molecule has 0 fully saturated rings. The third kappa shape index (κ3) is 3.31. The first-order chi connectivity index (χ1) is 7.54. The van der Waals surface area contributed by atoms with Crippen molar-refractivity contribution in [3.8, 4) is 0 Å². The molecule has 0 aliphatic carbocycles. The van der Waals surface area contributed by atoms with Crippen LogP contribution in [0.5, 0.6) is 0 Å². The van der Waals surface area contributed by atoms with Crippen LogP contribution in [0.2, 0.25) is 0 Å². The van der Waals surface area contributed by atoms with E-state index < -0.39 is 0 Å². The maximum absolute atomic E-state index is 12.7. The van der Waals surface area contributed by atoms with Crippen LogP contribution in [0.15, 0.2) is 24.3 Å². The van der Waals surface area contributed by atoms with Gasteiger partial charge in [-0.1, -0.05) is 12.1 Å². The Balaban J connectivity index is 2.61. The Morgan fingerprint density at radius 3 is 2.31 bits per heavy atom. The van der Waals surface area contributed by atoms with Gasteiger partial charge >= 0.3 is 0 Å². The molecule has 0 aromatic heterocycles. The maximum Gasteiger partial charge on any atom is 0.236 e. The average molecular weight is 224 g/mol. The Morgan fingerprint density at radius 1 is 1.25 bits per heavy atom. The van der Waals surface area contributed by atoms with E-state index in [4.69, 9.17) is 0 Å². The van der Waals surface area contributed by atoms with E-state index in [9.17, 15) is 9.18 Å². The number of carbonyl (C=O) groups is 1. The van der Waals surface area contributed by atoms with Crippen molar-refractivity contribution in [2.45, 2.75) is 25.9 Å². The molecule has 1 aromatic carbocycles. The Bertz CT molecular complexity index is 351. The molecule has 0 spiro atoms. The van der Waals surface area contributed by atoms with Crippen molar-refractivity contribution in [1.82, 2.24) is 10.6 Å². The van der Waals surface area contributed by atoms with E-state index in [0.29, 0.717) is 0 Å². The molecule has 88 valence electrons. The Hall–Kier alpha value is -1.42. The van der Waals surface area contributed by atoms with Gasteiger partial charge in [-0.15, -0.1) is 0 Å². The molecule has 16 heavy (non-hydrogen) atoms. The van der Waals surface area contributed by atoms with Crippen LogP contribution >= 0.6 is 0 Å². The number of amides is 1. The van der Waals surface area contributed by atoms with Crippen LogP contribution in [0, 0.1) is 5.82 Å². The SMILES string of the molecule is CNC(=O)C(C)N[C@H](C)c1ccc(F)cc1. The summed E-state index contributed by atoms with van der Waals surface area (Å²) in [5.41, 5.74) is 0.956. The summed E-state index contributed by atoms with van der Waals surface area (Å²) in [6, 6.07) is 5.99. The summed E-state index contributed by atoms with van der Waals surface area (Å²) >= 11 is 0. The van der Waals surface area contributed by atoms with Crippen molar-refractivity contribution in [3.05, 3.63) is 35.6 Å². The highest BCUT2D eigenvalue weighted by Gasteiger charge is 2.14. The van der Waals surface area contributed by atoms with Gasteiger partial charge in [0.1, 0.15) is 5.82 Å². The lowest BCUT2D eigenvalue weighted by atomic mass is 10.1. The molecule has 0 aliphatic rings. The fraction of sp³-hybridized carbons (Fsp3) is 0.417. The van der Waals surface area contributed by atoms with Crippen LogP contribution in [0.3, 0.4) is 0 Å². The molecule has 0 heterocycles. The van der Waals surface area contributed by atoms with Gasteiger partial charge in [0.05, 0.1) is 6.04 Å². The number of carbonyl (C=O) groups excluding carboxylic acids is 1. The molecule has 0 saturated heterocycles. The number of hydrogen-bond donors (Lipinski definition) is 2. The van der Waals surface area contributed by atoms with Crippen LogP contribution in [0.25, 0.3) is 0 Å². The van der Waals surface area contributed by atoms with E-state index in [1.54, 1.807) is 26.1 Å². The van der Waals surface area contributed by atoms with Gasteiger partial charge in [-0.2, -0.15) is 0 Å². The third-order valence-corrected chi connectivity index (χ3v) is 2.51. The summed E-state index contributed by atoms with van der Waals surface area (Å²) in [5.74, 6) is -0.315. The monoisotopic (exact) mass is 224 g/mol. The van der Waals surface area contributed by atoms with E-state index in [0.717, 1.165) is 5.56 Å². The molecule has 0 aliphatic heterocycles. The average Bonchev–Trinajstić information content (AvgIpc) is 2.28. The van der Waals surface area contributed by atoms with Crippen molar-refractivity contribution in [3.63, 3.8) is 0 Å². The molecule has 3 nitrogen and oxygen atoms in total. The molecule has 0 saturated carbocycles. The Labute approximate surface area is 95.0 Å². The first kappa shape index (κ1) is 12.6. The largest absolute Gasteiger partial charge is 0.358 e. The molecule has 1 aromatic rings. The van der Waals surface area contributed by atoms with E-state index in [1.807, 2.05) is 6.92 Å². The number of nitrogens with one attached hydrogen (secondary N) is 2. The second-order valence-electron chi connectivity index (χ2n) is 3.78. The molecule has 2 N–H and O–H groups in total. The maximum atomic E-state index is 12.7. The number of halogens is 1. The van der Waals surface area contributed by atoms with E-state index in [2.05, 4.69) is 10.6 Å². The highest BCUT2D eigenvalue weighted by Crippen LogP contribution is 2.13. The summed E-state index contributed by atoms with van der Waals surface area (Å²) in [6.45, 7) is 3.73. The van der Waals surface area contributed by atoms with E-state index in [-0.39, 0.29) is 23.8 Å². The highest BCUT2D eigenvalue weighted by molar-refractivity contribution is 5.80. The molecule has 1 rings (SSSR count). The van der Waals surface area contributed by atoms with Crippen LogP contribution in [-0.2, 0) is 4.79 Å². The number of benzene rings is 1. The minimum atomic E-state index is -0.273. The molecule has 2 atom stereocenters. The zero-order chi connectivity index (χ0) is 12.1. The van der Waals surface area contributed by atoms with Crippen molar-refractivity contribution in [1.29, 1.82) is 0 Å². The molecule has 0 bridgehead atoms. The molecule has 4 heteroatoms. The van der Waals surface area contributed by atoms with Crippen molar-refractivity contribution in [2.24, 2.45) is 0 Å². The molecular weight excluding hydrogens is 207 g/mol. The quantitative estimate of drug-likeness (QED) is 0.815. The van der Waals surface area contributed by atoms with Crippen molar-refractivity contribution < 1.29 is 9.18 Å². The standard InChI is InChI=1S/C12H17FN2O/c1-8(15-9(2)12(16)14-3)10-4-6-11(13)7-5-10/h4-9,15H,1-3H3,(H,14,16)/t8-,9?/m1/s1. The van der Waals surface area contributed by atoms with Gasteiger partial charge < -0.3 is 5.32 Å². The summed E-state index contributed by atoms with van der Waals surface area (Å²) in [4.78, 5) is 11.3. The molecule has 0 radical (unpaired) electrons. The van der Waals surface area contributed by atoms with Gasteiger partial charge in [0.2, 0.25) is 5.91 Å². The minimum Gasteiger partial charge on any atom is -0.358 e. The zero-order valence-electron chi connectivity index (χ0n) is 9.75. The molecule has 1 amide bonds. The van der Waals surface area contributed by atoms with Gasteiger partial charge in [0, 0.05) is 13.1 Å². The smallest absolute Gasteiger partial charge is 0.236 e. The van der Waals surface area contributed by atoms with E-state index >= 15 is 0 Å². The van der Waals surface area contributed by atoms with Gasteiger partial charge in [0.25, 0.3) is 0 Å². The second kappa shape index (κ2) is 5.61. The lowest BCUT2D eigenvalue weighted by Gasteiger charge is -2.19. The molecule has 1 unspecified atom stereocenters. The topological polar surface area (TPSA) is 41.1 Å². The molecular formula is C12H17FN2O. The number of rotatable bonds is 4. The summed E-state index contributed by atoms with van der Waals surface area (Å²) in [5, 5.41) is 5.70. The first-order valence-electron chi connectivity index (χ1n) is 5.27. The lowest BCUT2D eigenvalue weighted by molar-refractivity contribution is -0.122. The third-order valence-electron chi connectivity index (χ3n) is 2.51.